The van der Waals surface area contributed by atoms with Gasteiger partial charge < -0.3 is 4.42 Å². The van der Waals surface area contributed by atoms with Crippen LogP contribution in [-0.2, 0) is 0 Å². The van der Waals surface area contributed by atoms with Gasteiger partial charge in [0.05, 0.1) is 34.1 Å². The van der Waals surface area contributed by atoms with Crippen molar-refractivity contribution in [3.8, 4) is 51.4 Å². The first-order chi connectivity index (χ1) is 21.2. The van der Waals surface area contributed by atoms with Crippen LogP contribution in [0.15, 0.2) is 132 Å². The summed E-state index contributed by atoms with van der Waals surface area (Å²) in [5.41, 5.74) is 9.16. The minimum absolute atomic E-state index is 0.457. The van der Waals surface area contributed by atoms with E-state index in [-0.39, 0.29) is 0 Å². The van der Waals surface area contributed by atoms with E-state index in [1.54, 1.807) is 12.1 Å². The van der Waals surface area contributed by atoms with E-state index in [0.717, 1.165) is 61.1 Å². The van der Waals surface area contributed by atoms with Crippen LogP contribution in [0.4, 0.5) is 0 Å². The first-order valence-corrected chi connectivity index (χ1v) is 13.9. The Hall–Kier alpha value is -6.19. The maximum Gasteiger partial charge on any atom is 0.181 e. The van der Waals surface area contributed by atoms with E-state index in [9.17, 15) is 5.26 Å². The van der Waals surface area contributed by atoms with E-state index >= 15 is 0 Å². The molecule has 3 heterocycles. The molecule has 200 valence electrons. The molecule has 0 N–H and O–H groups in total. The summed E-state index contributed by atoms with van der Waals surface area (Å²) in [6.45, 7) is 0. The van der Waals surface area contributed by atoms with Crippen molar-refractivity contribution in [1.82, 2.24) is 19.9 Å². The van der Waals surface area contributed by atoms with Gasteiger partial charge >= 0.3 is 0 Å². The molecule has 0 atom stereocenters. The summed E-state index contributed by atoms with van der Waals surface area (Å²) in [4.78, 5) is 20.3. The summed E-state index contributed by atoms with van der Waals surface area (Å²) < 4.78 is 6.20. The average molecular weight is 552 g/mol. The number of fused-ring (bicyclic) bond motifs is 4. The van der Waals surface area contributed by atoms with Gasteiger partial charge in [0.2, 0.25) is 0 Å². The molecule has 0 fully saturated rings. The van der Waals surface area contributed by atoms with E-state index < -0.39 is 0 Å². The van der Waals surface area contributed by atoms with E-state index in [1.165, 1.54) is 0 Å². The Morgan fingerprint density at radius 2 is 1.21 bits per heavy atom. The molecule has 43 heavy (non-hydrogen) atoms. The molecule has 0 spiro atoms. The predicted molar refractivity (Wildman–Crippen MR) is 169 cm³/mol. The predicted octanol–water partition coefficient (Wildman–Crippen LogP) is 8.86. The maximum atomic E-state index is 9.37. The van der Waals surface area contributed by atoms with Gasteiger partial charge in [0.1, 0.15) is 22.6 Å². The first-order valence-electron chi connectivity index (χ1n) is 13.9. The number of hydrogen-bond donors (Lipinski definition) is 0. The third-order valence-corrected chi connectivity index (χ3v) is 7.54. The standard InChI is InChI=1S/C37H21N5O/c38-22-23-17-19-25(20-18-23)35-36(40-29-14-6-5-13-28(29)39-35)37-41-30(24-9-2-1-3-10-24)21-31(42-37)26-12-8-16-33-34(26)27-11-4-7-15-32(27)43-33/h1-21H. The van der Waals surface area contributed by atoms with Crippen molar-refractivity contribution in [2.45, 2.75) is 0 Å². The molecular weight excluding hydrogens is 530 g/mol. The number of benzene rings is 5. The van der Waals surface area contributed by atoms with Gasteiger partial charge in [-0.2, -0.15) is 5.26 Å². The van der Waals surface area contributed by atoms with E-state index in [1.807, 2.05) is 103 Å². The molecule has 6 nitrogen and oxygen atoms in total. The molecule has 6 heteroatoms. The summed E-state index contributed by atoms with van der Waals surface area (Å²) >= 11 is 0. The lowest BCUT2D eigenvalue weighted by Crippen LogP contribution is -2.01. The highest BCUT2D eigenvalue weighted by atomic mass is 16.3. The van der Waals surface area contributed by atoms with Crippen LogP contribution in [0.25, 0.3) is 78.3 Å². The van der Waals surface area contributed by atoms with Crippen LogP contribution in [0.5, 0.6) is 0 Å². The van der Waals surface area contributed by atoms with Crippen LogP contribution in [0.1, 0.15) is 5.56 Å². The Bertz CT molecular complexity index is 2350. The maximum absolute atomic E-state index is 9.37. The topological polar surface area (TPSA) is 88.5 Å². The zero-order valence-electron chi connectivity index (χ0n) is 22.8. The number of hydrogen-bond acceptors (Lipinski definition) is 6. The summed E-state index contributed by atoms with van der Waals surface area (Å²) in [6, 6.07) is 43.5. The van der Waals surface area contributed by atoms with Crippen LogP contribution >= 0.6 is 0 Å². The fraction of sp³-hybridized carbons (Fsp3) is 0. The lowest BCUT2D eigenvalue weighted by Gasteiger charge is -2.13. The summed E-state index contributed by atoms with van der Waals surface area (Å²) in [5.74, 6) is 0.457. The van der Waals surface area contributed by atoms with Crippen LogP contribution in [0, 0.1) is 11.3 Å². The molecule has 0 bridgehead atoms. The number of rotatable bonds is 4. The van der Waals surface area contributed by atoms with Gasteiger partial charge in [-0.05, 0) is 42.5 Å². The van der Waals surface area contributed by atoms with Gasteiger partial charge in [-0.3, -0.25) is 0 Å². The molecule has 0 aliphatic carbocycles. The van der Waals surface area contributed by atoms with Crippen molar-refractivity contribution in [3.05, 3.63) is 133 Å². The largest absolute Gasteiger partial charge is 0.456 e. The van der Waals surface area contributed by atoms with Gasteiger partial charge in [0.15, 0.2) is 5.82 Å². The molecule has 8 aromatic rings. The lowest BCUT2D eigenvalue weighted by molar-refractivity contribution is 0.669. The Balaban J connectivity index is 1.43. The highest BCUT2D eigenvalue weighted by Crippen LogP contribution is 2.38. The second-order valence-electron chi connectivity index (χ2n) is 10.2. The highest BCUT2D eigenvalue weighted by Gasteiger charge is 2.20. The Morgan fingerprint density at radius 1 is 0.535 bits per heavy atom. The molecule has 0 amide bonds. The molecule has 8 rings (SSSR count). The summed E-state index contributed by atoms with van der Waals surface area (Å²) in [6.07, 6.45) is 0. The molecule has 0 unspecified atom stereocenters. The van der Waals surface area contributed by atoms with Gasteiger partial charge in [-0.1, -0.05) is 84.9 Å². The van der Waals surface area contributed by atoms with Crippen molar-refractivity contribution >= 4 is 33.0 Å². The van der Waals surface area contributed by atoms with E-state index in [0.29, 0.717) is 22.8 Å². The second-order valence-corrected chi connectivity index (χ2v) is 10.2. The third kappa shape index (κ3) is 4.28. The Morgan fingerprint density at radius 3 is 2.00 bits per heavy atom. The van der Waals surface area contributed by atoms with Crippen molar-refractivity contribution < 1.29 is 4.42 Å². The summed E-state index contributed by atoms with van der Waals surface area (Å²) in [7, 11) is 0. The SMILES string of the molecule is N#Cc1ccc(-c2nc3ccccc3nc2-c2nc(-c3ccccc3)cc(-c3cccc4oc5ccccc5c34)n2)cc1. The molecule has 5 aromatic carbocycles. The molecular formula is C37H21N5O. The molecule has 0 radical (unpaired) electrons. The quantitative estimate of drug-likeness (QED) is 0.217. The molecule has 0 saturated carbocycles. The van der Waals surface area contributed by atoms with Crippen LogP contribution in [0.2, 0.25) is 0 Å². The molecule has 0 aliphatic rings. The monoisotopic (exact) mass is 551 g/mol. The smallest absolute Gasteiger partial charge is 0.181 e. The number of nitrogens with zero attached hydrogens (tertiary/aromatic N) is 5. The fourth-order valence-corrected chi connectivity index (χ4v) is 5.50. The Kier molecular flexibility index (Phi) is 5.73. The van der Waals surface area contributed by atoms with Gasteiger partial charge in [-0.25, -0.2) is 19.9 Å². The van der Waals surface area contributed by atoms with Gasteiger partial charge in [-0.15, -0.1) is 0 Å². The lowest BCUT2D eigenvalue weighted by atomic mass is 10.0. The Labute approximate surface area is 246 Å². The van der Waals surface area contributed by atoms with Crippen LogP contribution in [-0.4, -0.2) is 19.9 Å². The van der Waals surface area contributed by atoms with E-state index in [2.05, 4.69) is 18.2 Å². The average Bonchev–Trinajstić information content (AvgIpc) is 3.47. The third-order valence-electron chi connectivity index (χ3n) is 7.54. The zero-order valence-corrected chi connectivity index (χ0v) is 22.8. The van der Waals surface area contributed by atoms with Gasteiger partial charge in [0, 0.05) is 27.5 Å². The number of para-hydroxylation sites is 3. The minimum atomic E-state index is 0.457. The molecule has 0 saturated heterocycles. The van der Waals surface area contributed by atoms with Crippen LogP contribution < -0.4 is 0 Å². The highest BCUT2D eigenvalue weighted by molar-refractivity contribution is 6.12. The van der Waals surface area contributed by atoms with E-state index in [4.69, 9.17) is 24.4 Å². The van der Waals surface area contributed by atoms with Gasteiger partial charge in [0.25, 0.3) is 0 Å². The number of aromatic nitrogens is 4. The molecule has 0 aliphatic heterocycles. The minimum Gasteiger partial charge on any atom is -0.456 e. The fourth-order valence-electron chi connectivity index (χ4n) is 5.50. The van der Waals surface area contributed by atoms with Crippen molar-refractivity contribution in [3.63, 3.8) is 0 Å². The van der Waals surface area contributed by atoms with Crippen LogP contribution in [0.3, 0.4) is 0 Å². The first kappa shape index (κ1) is 24.6. The zero-order chi connectivity index (χ0) is 28.8. The van der Waals surface area contributed by atoms with Crippen molar-refractivity contribution in [2.24, 2.45) is 0 Å². The molecule has 3 aromatic heterocycles. The summed E-state index contributed by atoms with van der Waals surface area (Å²) in [5, 5.41) is 11.4. The van der Waals surface area contributed by atoms with Crippen molar-refractivity contribution in [2.75, 3.05) is 0 Å². The second kappa shape index (κ2) is 10.0. The van der Waals surface area contributed by atoms with Crippen molar-refractivity contribution in [1.29, 1.82) is 5.26 Å². The normalized spacial score (nSPS) is 11.2. The number of nitriles is 1. The number of furan rings is 1.